The largest absolute Gasteiger partial charge is 0.490 e. The number of para-hydroxylation sites is 2. The van der Waals surface area contributed by atoms with Crippen molar-refractivity contribution in [1.82, 2.24) is 5.32 Å². The lowest BCUT2D eigenvalue weighted by molar-refractivity contribution is 0.0949. The zero-order valence-corrected chi connectivity index (χ0v) is 13.6. The maximum absolute atomic E-state index is 12.2. The predicted molar refractivity (Wildman–Crippen MR) is 94.0 cm³/mol. The summed E-state index contributed by atoms with van der Waals surface area (Å²) < 4.78 is 5.97. The molecule has 3 rings (SSSR count). The molecule has 23 heavy (non-hydrogen) atoms. The Labute approximate surface area is 142 Å². The average molecular weight is 333 g/mol. The Balaban J connectivity index is 0.00000192. The summed E-state index contributed by atoms with van der Waals surface area (Å²) in [5.41, 5.74) is 7.79. The van der Waals surface area contributed by atoms with Crippen LogP contribution in [0.5, 0.6) is 5.75 Å². The van der Waals surface area contributed by atoms with Gasteiger partial charge in [0, 0.05) is 17.8 Å². The number of nitrogens with two attached hydrogens (primary N) is 1. The van der Waals surface area contributed by atoms with Gasteiger partial charge in [0.25, 0.3) is 5.91 Å². The van der Waals surface area contributed by atoms with Crippen molar-refractivity contribution < 1.29 is 9.53 Å². The second-order valence-electron chi connectivity index (χ2n) is 5.55. The van der Waals surface area contributed by atoms with Crippen molar-refractivity contribution in [2.24, 2.45) is 0 Å². The van der Waals surface area contributed by atoms with E-state index < -0.39 is 0 Å². The van der Waals surface area contributed by atoms with Crippen LogP contribution in [0.15, 0.2) is 48.5 Å². The monoisotopic (exact) mass is 332 g/mol. The number of carbonyl (C=O) groups excluding carboxylic acids is 1. The van der Waals surface area contributed by atoms with Crippen molar-refractivity contribution in [3.05, 3.63) is 59.7 Å². The van der Waals surface area contributed by atoms with E-state index in [4.69, 9.17) is 10.5 Å². The van der Waals surface area contributed by atoms with Gasteiger partial charge in [-0.3, -0.25) is 4.79 Å². The molecule has 3 N–H and O–H groups in total. The summed E-state index contributed by atoms with van der Waals surface area (Å²) in [6, 6.07) is 14.9. The number of rotatable bonds is 5. The van der Waals surface area contributed by atoms with Gasteiger partial charge in [0.2, 0.25) is 0 Å². The molecule has 0 aliphatic heterocycles. The summed E-state index contributed by atoms with van der Waals surface area (Å²) in [6.07, 6.45) is 3.78. The molecule has 0 heterocycles. The Morgan fingerprint density at radius 1 is 1.13 bits per heavy atom. The van der Waals surface area contributed by atoms with Gasteiger partial charge in [0.05, 0.1) is 11.7 Å². The molecule has 5 heteroatoms. The van der Waals surface area contributed by atoms with Crippen LogP contribution in [0.3, 0.4) is 0 Å². The van der Waals surface area contributed by atoms with Crippen LogP contribution in [0.2, 0.25) is 0 Å². The molecule has 1 fully saturated rings. The number of carbonyl (C=O) groups is 1. The summed E-state index contributed by atoms with van der Waals surface area (Å²) in [5, 5.41) is 2.91. The Morgan fingerprint density at radius 3 is 2.52 bits per heavy atom. The quantitative estimate of drug-likeness (QED) is 0.823. The molecule has 2 aromatic rings. The lowest BCUT2D eigenvalue weighted by Crippen LogP contribution is -2.27. The Hall–Kier alpha value is -2.20. The Bertz CT molecular complexity index is 672. The highest BCUT2D eigenvalue weighted by molar-refractivity contribution is 5.99. The molecule has 0 aromatic heterocycles. The molecule has 0 radical (unpaired) electrons. The standard InChI is InChI=1S/C18H20N2O2.ClH/c19-16-10-3-2-9-15(16)18(21)20-12-13-6-1-4-11-17(13)22-14-7-5-8-14;/h1-4,6,9-11,14H,5,7-8,12,19H2,(H,20,21);1H. The highest BCUT2D eigenvalue weighted by atomic mass is 35.5. The molecule has 122 valence electrons. The van der Waals surface area contributed by atoms with Gasteiger partial charge >= 0.3 is 0 Å². The Kier molecular flexibility index (Phi) is 5.88. The number of ether oxygens (including phenoxy) is 1. The van der Waals surface area contributed by atoms with Gasteiger partial charge in [-0.2, -0.15) is 0 Å². The SMILES string of the molecule is Cl.Nc1ccccc1C(=O)NCc1ccccc1OC1CCC1. The molecule has 0 saturated heterocycles. The number of benzene rings is 2. The third kappa shape index (κ3) is 4.17. The molecule has 1 aliphatic carbocycles. The van der Waals surface area contributed by atoms with Crippen LogP contribution in [0.25, 0.3) is 0 Å². The first-order chi connectivity index (χ1) is 10.7. The van der Waals surface area contributed by atoms with Gasteiger partial charge in [-0.05, 0) is 37.5 Å². The molecule has 0 spiro atoms. The van der Waals surface area contributed by atoms with E-state index in [0.717, 1.165) is 24.2 Å². The van der Waals surface area contributed by atoms with Gasteiger partial charge in [-0.25, -0.2) is 0 Å². The highest BCUT2D eigenvalue weighted by Gasteiger charge is 2.20. The fourth-order valence-corrected chi connectivity index (χ4v) is 2.41. The zero-order chi connectivity index (χ0) is 15.4. The molecular formula is C18H21ClN2O2. The third-order valence-electron chi connectivity index (χ3n) is 3.96. The lowest BCUT2D eigenvalue weighted by Gasteiger charge is -2.27. The molecule has 0 unspecified atom stereocenters. The minimum atomic E-state index is -0.170. The topological polar surface area (TPSA) is 64.4 Å². The summed E-state index contributed by atoms with van der Waals surface area (Å²) in [4.78, 5) is 12.2. The van der Waals surface area contributed by atoms with E-state index in [0.29, 0.717) is 23.9 Å². The second-order valence-corrected chi connectivity index (χ2v) is 5.55. The molecule has 4 nitrogen and oxygen atoms in total. The maximum Gasteiger partial charge on any atom is 0.253 e. The lowest BCUT2D eigenvalue weighted by atomic mass is 9.96. The molecule has 1 saturated carbocycles. The molecule has 2 aromatic carbocycles. The predicted octanol–water partition coefficient (Wildman–Crippen LogP) is 3.55. The number of halogens is 1. The molecule has 1 amide bonds. The summed E-state index contributed by atoms with van der Waals surface area (Å²) in [7, 11) is 0. The second kappa shape index (κ2) is 7.88. The van der Waals surface area contributed by atoms with Crippen LogP contribution in [0.1, 0.15) is 35.2 Å². The van der Waals surface area contributed by atoms with Crippen LogP contribution < -0.4 is 15.8 Å². The zero-order valence-electron chi connectivity index (χ0n) is 12.8. The molecule has 1 aliphatic rings. The van der Waals surface area contributed by atoms with Crippen molar-refractivity contribution in [3.63, 3.8) is 0 Å². The van der Waals surface area contributed by atoms with E-state index >= 15 is 0 Å². The van der Waals surface area contributed by atoms with Crippen molar-refractivity contribution >= 4 is 24.0 Å². The van der Waals surface area contributed by atoms with E-state index in [1.54, 1.807) is 18.2 Å². The van der Waals surface area contributed by atoms with Gasteiger partial charge in [0.1, 0.15) is 5.75 Å². The van der Waals surface area contributed by atoms with Crippen molar-refractivity contribution in [1.29, 1.82) is 0 Å². The summed E-state index contributed by atoms with van der Waals surface area (Å²) in [5.74, 6) is 0.685. The van der Waals surface area contributed by atoms with Gasteiger partial charge in [-0.15, -0.1) is 12.4 Å². The number of hydrogen-bond donors (Lipinski definition) is 2. The van der Waals surface area contributed by atoms with Crippen molar-refractivity contribution in [2.45, 2.75) is 31.9 Å². The van der Waals surface area contributed by atoms with Crippen molar-refractivity contribution in [2.75, 3.05) is 5.73 Å². The van der Waals surface area contributed by atoms with E-state index in [1.807, 2.05) is 30.3 Å². The Morgan fingerprint density at radius 2 is 1.83 bits per heavy atom. The summed E-state index contributed by atoms with van der Waals surface area (Å²) in [6.45, 7) is 0.427. The summed E-state index contributed by atoms with van der Waals surface area (Å²) >= 11 is 0. The molecule has 0 bridgehead atoms. The fourth-order valence-electron chi connectivity index (χ4n) is 2.41. The van der Waals surface area contributed by atoms with Crippen LogP contribution in [0, 0.1) is 0 Å². The third-order valence-corrected chi connectivity index (χ3v) is 3.96. The van der Waals surface area contributed by atoms with E-state index in [-0.39, 0.29) is 18.3 Å². The van der Waals surface area contributed by atoms with Gasteiger partial charge < -0.3 is 15.8 Å². The van der Waals surface area contributed by atoms with Crippen LogP contribution >= 0.6 is 12.4 Å². The number of nitrogen functional groups attached to an aromatic ring is 1. The maximum atomic E-state index is 12.2. The van der Waals surface area contributed by atoms with E-state index in [2.05, 4.69) is 5.32 Å². The minimum absolute atomic E-state index is 0. The van der Waals surface area contributed by atoms with E-state index in [1.165, 1.54) is 6.42 Å². The smallest absolute Gasteiger partial charge is 0.253 e. The van der Waals surface area contributed by atoms with Gasteiger partial charge in [-0.1, -0.05) is 30.3 Å². The first-order valence-corrected chi connectivity index (χ1v) is 7.61. The molecule has 0 atom stereocenters. The van der Waals surface area contributed by atoms with Crippen LogP contribution in [-0.2, 0) is 6.54 Å². The highest BCUT2D eigenvalue weighted by Crippen LogP contribution is 2.27. The minimum Gasteiger partial charge on any atom is -0.490 e. The van der Waals surface area contributed by atoms with Crippen LogP contribution in [-0.4, -0.2) is 12.0 Å². The first kappa shape index (κ1) is 17.2. The number of anilines is 1. The number of nitrogens with one attached hydrogen (secondary N) is 1. The van der Waals surface area contributed by atoms with Gasteiger partial charge in [0.15, 0.2) is 0 Å². The van der Waals surface area contributed by atoms with E-state index in [9.17, 15) is 4.79 Å². The normalized spacial score (nSPS) is 13.6. The molecular weight excluding hydrogens is 312 g/mol. The van der Waals surface area contributed by atoms with Crippen LogP contribution in [0.4, 0.5) is 5.69 Å². The van der Waals surface area contributed by atoms with Crippen molar-refractivity contribution in [3.8, 4) is 5.75 Å². The first-order valence-electron chi connectivity index (χ1n) is 7.61. The average Bonchev–Trinajstić information content (AvgIpc) is 2.50. The number of amides is 1. The number of hydrogen-bond acceptors (Lipinski definition) is 3. The fraction of sp³-hybridized carbons (Fsp3) is 0.278.